The lowest BCUT2D eigenvalue weighted by Gasteiger charge is -2.28. The number of nitrogens with two attached hydrogens (primary N) is 2. The highest BCUT2D eigenvalue weighted by molar-refractivity contribution is 7.94. The Labute approximate surface area is 175 Å². The van der Waals surface area contributed by atoms with Crippen LogP contribution in [-0.4, -0.2) is 48.0 Å². The lowest BCUT2D eigenvalue weighted by atomic mass is 9.93. The zero-order valence-corrected chi connectivity index (χ0v) is 17.2. The van der Waals surface area contributed by atoms with Gasteiger partial charge in [-0.3, -0.25) is 19.0 Å². The molecule has 0 saturated heterocycles. The molecule has 1 aliphatic heterocycles. The zero-order chi connectivity index (χ0) is 22.1. The van der Waals surface area contributed by atoms with E-state index in [2.05, 4.69) is 9.37 Å². The highest BCUT2D eigenvalue weighted by atomic mass is 32.2. The van der Waals surface area contributed by atoms with Crippen molar-refractivity contribution in [3.63, 3.8) is 0 Å². The Kier molecular flexibility index (Phi) is 6.62. The molecule has 0 saturated carbocycles. The van der Waals surface area contributed by atoms with Gasteiger partial charge >= 0.3 is 0 Å². The number of hydrogen-bond acceptors (Lipinski definition) is 10. The second-order valence-electron chi connectivity index (χ2n) is 6.54. The van der Waals surface area contributed by atoms with Crippen molar-refractivity contribution < 1.29 is 37.2 Å². The summed E-state index contributed by atoms with van der Waals surface area (Å²) in [6.45, 7) is 0.590. The van der Waals surface area contributed by atoms with Crippen molar-refractivity contribution in [2.45, 2.75) is 29.1 Å². The standard InChI is InChI=1S/C17H19N3O8S2/c18-4-2-1-3-5-20-16(21)11-7-9(29-28-27-23)6-10-14(11)12(17(20)22)8-13(15(10)19)30(24,25)26/h6-8,23H,1-5,18-19H2,(H,24,25,26). The number of carbonyl (C=O) groups is 2. The van der Waals surface area contributed by atoms with Crippen LogP contribution in [-0.2, 0) is 19.5 Å². The number of carbonyl (C=O) groups excluding carboxylic acids is 2. The molecule has 0 fully saturated rings. The van der Waals surface area contributed by atoms with Crippen molar-refractivity contribution in [3.05, 3.63) is 29.3 Å². The maximum Gasteiger partial charge on any atom is 0.296 e. The Hall–Kier alpha value is -2.26. The van der Waals surface area contributed by atoms with Crippen LogP contribution in [0.25, 0.3) is 10.8 Å². The molecular formula is C17H19N3O8S2. The minimum absolute atomic E-state index is 0.0612. The molecule has 30 heavy (non-hydrogen) atoms. The topological polar surface area (TPSA) is 182 Å². The largest absolute Gasteiger partial charge is 0.397 e. The number of nitrogens with zero attached hydrogens (tertiary/aromatic N) is 1. The van der Waals surface area contributed by atoms with Crippen LogP contribution < -0.4 is 11.5 Å². The molecular weight excluding hydrogens is 438 g/mol. The first-order chi connectivity index (χ1) is 14.2. The minimum Gasteiger partial charge on any atom is -0.397 e. The fraction of sp³-hybridized carbons (Fsp3) is 0.294. The van der Waals surface area contributed by atoms with Gasteiger partial charge in [0.1, 0.15) is 4.90 Å². The van der Waals surface area contributed by atoms with Gasteiger partial charge in [-0.05, 0) is 37.6 Å². The van der Waals surface area contributed by atoms with E-state index < -0.39 is 26.8 Å². The molecule has 11 nitrogen and oxygen atoms in total. The fourth-order valence-electron chi connectivity index (χ4n) is 3.36. The Bertz CT molecular complexity index is 1120. The van der Waals surface area contributed by atoms with Crippen LogP contribution in [0.2, 0.25) is 0 Å². The van der Waals surface area contributed by atoms with Gasteiger partial charge in [-0.25, -0.2) is 5.26 Å². The van der Waals surface area contributed by atoms with Crippen molar-refractivity contribution in [2.24, 2.45) is 5.73 Å². The van der Waals surface area contributed by atoms with Crippen molar-refractivity contribution >= 4 is 50.4 Å². The van der Waals surface area contributed by atoms with Crippen LogP contribution in [0, 0.1) is 0 Å². The Balaban J connectivity index is 2.21. The van der Waals surface area contributed by atoms with Gasteiger partial charge in [-0.15, -0.1) is 4.33 Å². The molecule has 2 aromatic carbocycles. The summed E-state index contributed by atoms with van der Waals surface area (Å²) in [6.07, 6.45) is 1.94. The first-order valence-electron chi connectivity index (χ1n) is 8.79. The summed E-state index contributed by atoms with van der Waals surface area (Å²) < 4.78 is 37.6. The van der Waals surface area contributed by atoms with E-state index in [9.17, 15) is 22.6 Å². The summed E-state index contributed by atoms with van der Waals surface area (Å²) in [5, 5.41) is 12.2. The molecule has 3 rings (SSSR count). The lowest BCUT2D eigenvalue weighted by molar-refractivity contribution is -0.432. The molecule has 2 amide bonds. The molecule has 0 spiro atoms. The van der Waals surface area contributed by atoms with Gasteiger partial charge in [0.15, 0.2) is 0 Å². The van der Waals surface area contributed by atoms with E-state index in [-0.39, 0.29) is 39.0 Å². The molecule has 162 valence electrons. The predicted molar refractivity (Wildman–Crippen MR) is 107 cm³/mol. The molecule has 2 aromatic rings. The molecule has 0 aliphatic carbocycles. The summed E-state index contributed by atoms with van der Waals surface area (Å²) in [5.41, 5.74) is 11.1. The normalized spacial score (nSPS) is 14.0. The second-order valence-corrected chi connectivity index (χ2v) is 8.71. The number of nitrogen functional groups attached to an aromatic ring is 1. The fourth-order valence-corrected chi connectivity index (χ4v) is 4.46. The molecule has 0 bridgehead atoms. The van der Waals surface area contributed by atoms with E-state index >= 15 is 0 Å². The summed E-state index contributed by atoms with van der Waals surface area (Å²) >= 11 is 0.536. The first-order valence-corrected chi connectivity index (χ1v) is 11.0. The van der Waals surface area contributed by atoms with Gasteiger partial charge in [-0.1, -0.05) is 11.5 Å². The number of unbranched alkanes of at least 4 members (excludes halogenated alkanes) is 2. The van der Waals surface area contributed by atoms with Crippen LogP contribution in [0.1, 0.15) is 40.0 Å². The maximum absolute atomic E-state index is 13.0. The number of benzene rings is 2. The second kappa shape index (κ2) is 8.85. The highest BCUT2D eigenvalue weighted by Gasteiger charge is 2.35. The smallest absolute Gasteiger partial charge is 0.296 e. The van der Waals surface area contributed by atoms with Crippen LogP contribution >= 0.6 is 12.0 Å². The van der Waals surface area contributed by atoms with E-state index in [0.29, 0.717) is 31.4 Å². The third-order valence-electron chi connectivity index (χ3n) is 4.69. The monoisotopic (exact) mass is 457 g/mol. The molecule has 1 aliphatic rings. The Morgan fingerprint density at radius 3 is 2.33 bits per heavy atom. The molecule has 0 aromatic heterocycles. The molecule has 13 heteroatoms. The van der Waals surface area contributed by atoms with Crippen molar-refractivity contribution in [3.8, 4) is 0 Å². The number of rotatable bonds is 9. The third kappa shape index (κ3) is 4.13. The van der Waals surface area contributed by atoms with Gasteiger partial charge < -0.3 is 11.5 Å². The molecule has 0 radical (unpaired) electrons. The average Bonchev–Trinajstić information content (AvgIpc) is 2.69. The number of imide groups is 1. The summed E-state index contributed by atoms with van der Waals surface area (Å²) in [6, 6.07) is 3.73. The van der Waals surface area contributed by atoms with E-state index in [1.54, 1.807) is 0 Å². The molecule has 0 unspecified atom stereocenters. The third-order valence-corrected chi connectivity index (χ3v) is 6.14. The first kappa shape index (κ1) is 22.4. The SMILES string of the molecule is NCCCCCN1C(=O)c2cc(SOOO)cc3c(N)c(S(=O)(=O)O)cc(c23)C1=O. The van der Waals surface area contributed by atoms with E-state index in [0.717, 1.165) is 17.4 Å². The number of hydrogen-bond donors (Lipinski definition) is 4. The van der Waals surface area contributed by atoms with Gasteiger partial charge in [0.2, 0.25) is 0 Å². The van der Waals surface area contributed by atoms with Crippen molar-refractivity contribution in [1.82, 2.24) is 4.90 Å². The maximum atomic E-state index is 13.0. The van der Waals surface area contributed by atoms with Crippen LogP contribution in [0.15, 0.2) is 28.0 Å². The van der Waals surface area contributed by atoms with Gasteiger partial charge in [0, 0.05) is 27.8 Å². The van der Waals surface area contributed by atoms with E-state index in [4.69, 9.17) is 16.7 Å². The number of anilines is 1. The van der Waals surface area contributed by atoms with Crippen molar-refractivity contribution in [2.75, 3.05) is 18.8 Å². The van der Waals surface area contributed by atoms with E-state index in [1.165, 1.54) is 12.1 Å². The van der Waals surface area contributed by atoms with Crippen molar-refractivity contribution in [1.29, 1.82) is 0 Å². The average molecular weight is 457 g/mol. The van der Waals surface area contributed by atoms with Gasteiger partial charge in [0.25, 0.3) is 21.9 Å². The Morgan fingerprint density at radius 2 is 1.73 bits per heavy atom. The van der Waals surface area contributed by atoms with Crippen LogP contribution in [0.5, 0.6) is 0 Å². The highest BCUT2D eigenvalue weighted by Crippen LogP contribution is 2.40. The van der Waals surface area contributed by atoms with Crippen LogP contribution in [0.4, 0.5) is 5.69 Å². The lowest BCUT2D eigenvalue weighted by Crippen LogP contribution is -2.41. The summed E-state index contributed by atoms with van der Waals surface area (Å²) in [7, 11) is -4.75. The molecule has 6 N–H and O–H groups in total. The Morgan fingerprint density at radius 1 is 1.07 bits per heavy atom. The molecule has 0 atom stereocenters. The predicted octanol–water partition coefficient (Wildman–Crippen LogP) is 1.82. The van der Waals surface area contributed by atoms with E-state index in [1.807, 2.05) is 0 Å². The minimum atomic E-state index is -4.75. The quantitative estimate of drug-likeness (QED) is 0.0819. The van der Waals surface area contributed by atoms with Crippen LogP contribution in [0.3, 0.4) is 0 Å². The summed E-state index contributed by atoms with van der Waals surface area (Å²) in [5.74, 6) is -1.28. The zero-order valence-electron chi connectivity index (χ0n) is 15.5. The van der Waals surface area contributed by atoms with Gasteiger partial charge in [0.05, 0.1) is 23.3 Å². The summed E-state index contributed by atoms with van der Waals surface area (Å²) in [4.78, 5) is 26.6. The molecule has 1 heterocycles. The van der Waals surface area contributed by atoms with Gasteiger partial charge in [-0.2, -0.15) is 8.42 Å². The number of amides is 2.